The van der Waals surface area contributed by atoms with Gasteiger partial charge in [0.25, 0.3) is 5.91 Å². The summed E-state index contributed by atoms with van der Waals surface area (Å²) in [6.45, 7) is -0.212. The van der Waals surface area contributed by atoms with Crippen LogP contribution in [0.3, 0.4) is 0 Å². The van der Waals surface area contributed by atoms with Gasteiger partial charge < -0.3 is 15.4 Å². The Morgan fingerprint density at radius 1 is 1.19 bits per heavy atom. The van der Waals surface area contributed by atoms with Crippen molar-refractivity contribution in [3.8, 4) is 0 Å². The quantitative estimate of drug-likeness (QED) is 0.656. The molecule has 0 aliphatic carbocycles. The van der Waals surface area contributed by atoms with E-state index in [-0.39, 0.29) is 25.2 Å². The first-order valence-corrected chi connectivity index (χ1v) is 9.68. The Morgan fingerprint density at radius 3 is 2.42 bits per heavy atom. The standard InChI is InChI=1S/C21H20ClFN4O4/c1-31-19(28)12-26(11-13-2-4-14(22)5-3-13)21(30)17-10-18(20(24)29)27(25-17)16-8-6-15(23)7-9-16/h2-9,18H,10-12H2,1H3,(H2,24,29). The topological polar surface area (TPSA) is 105 Å². The molecule has 0 bridgehead atoms. The van der Waals surface area contributed by atoms with E-state index in [0.29, 0.717) is 10.7 Å². The zero-order chi connectivity index (χ0) is 22.5. The molecule has 1 heterocycles. The highest BCUT2D eigenvalue weighted by atomic mass is 35.5. The van der Waals surface area contributed by atoms with Crippen LogP contribution >= 0.6 is 11.6 Å². The number of hydrogen-bond acceptors (Lipinski definition) is 6. The number of methoxy groups -OCH3 is 1. The van der Waals surface area contributed by atoms with E-state index in [9.17, 15) is 18.8 Å². The van der Waals surface area contributed by atoms with Gasteiger partial charge in [-0.25, -0.2) is 4.39 Å². The van der Waals surface area contributed by atoms with Gasteiger partial charge in [0.15, 0.2) is 0 Å². The van der Waals surface area contributed by atoms with Crippen LogP contribution < -0.4 is 10.7 Å². The first-order valence-electron chi connectivity index (χ1n) is 9.30. The number of nitrogens with two attached hydrogens (primary N) is 1. The van der Waals surface area contributed by atoms with Gasteiger partial charge in [-0.15, -0.1) is 0 Å². The van der Waals surface area contributed by atoms with Gasteiger partial charge in [0.05, 0.1) is 12.8 Å². The molecule has 8 nitrogen and oxygen atoms in total. The van der Waals surface area contributed by atoms with Gasteiger partial charge in [0.1, 0.15) is 24.1 Å². The third-order valence-electron chi connectivity index (χ3n) is 4.70. The van der Waals surface area contributed by atoms with Crippen LogP contribution in [-0.2, 0) is 25.7 Å². The smallest absolute Gasteiger partial charge is 0.325 e. The maximum absolute atomic E-state index is 13.3. The molecule has 1 unspecified atom stereocenters. The summed E-state index contributed by atoms with van der Waals surface area (Å²) in [5.74, 6) is -2.29. The van der Waals surface area contributed by atoms with Crippen LogP contribution in [0.15, 0.2) is 53.6 Å². The van der Waals surface area contributed by atoms with Crippen molar-refractivity contribution in [3.05, 3.63) is 64.9 Å². The number of nitrogens with zero attached hydrogens (tertiary/aromatic N) is 3. The molecule has 1 aliphatic heterocycles. The molecule has 0 saturated heterocycles. The Kier molecular flexibility index (Phi) is 6.86. The summed E-state index contributed by atoms with van der Waals surface area (Å²) < 4.78 is 18.0. The molecule has 0 saturated carbocycles. The molecule has 2 aromatic rings. The van der Waals surface area contributed by atoms with Crippen molar-refractivity contribution in [2.45, 2.75) is 19.0 Å². The Bertz CT molecular complexity index is 1010. The van der Waals surface area contributed by atoms with Crippen molar-refractivity contribution in [1.82, 2.24) is 4.90 Å². The minimum Gasteiger partial charge on any atom is -0.468 e. The second kappa shape index (κ2) is 9.57. The molecule has 10 heteroatoms. The lowest BCUT2D eigenvalue weighted by Gasteiger charge is -2.21. The van der Waals surface area contributed by atoms with E-state index >= 15 is 0 Å². The number of primary amides is 1. The number of esters is 1. The summed E-state index contributed by atoms with van der Waals surface area (Å²) in [5, 5.41) is 6.08. The molecule has 31 heavy (non-hydrogen) atoms. The Morgan fingerprint density at radius 2 is 1.84 bits per heavy atom. The zero-order valence-corrected chi connectivity index (χ0v) is 17.4. The highest BCUT2D eigenvalue weighted by molar-refractivity contribution is 6.40. The summed E-state index contributed by atoms with van der Waals surface area (Å²) in [6.07, 6.45) is -0.0518. The molecule has 2 aromatic carbocycles. The molecular formula is C21H20ClFN4O4. The van der Waals surface area contributed by atoms with Crippen LogP contribution in [0.25, 0.3) is 0 Å². The molecule has 2 amide bonds. The van der Waals surface area contributed by atoms with Gasteiger partial charge in [0, 0.05) is 18.0 Å². The number of carbonyl (C=O) groups excluding carboxylic acids is 3. The van der Waals surface area contributed by atoms with E-state index in [0.717, 1.165) is 5.56 Å². The lowest BCUT2D eigenvalue weighted by Crippen LogP contribution is -2.41. The third kappa shape index (κ3) is 5.37. The Hall–Kier alpha value is -3.46. The molecule has 3 rings (SSSR count). The maximum Gasteiger partial charge on any atom is 0.325 e. The molecule has 1 aliphatic rings. The van der Waals surface area contributed by atoms with E-state index in [1.165, 1.54) is 41.3 Å². The van der Waals surface area contributed by atoms with Crippen molar-refractivity contribution in [3.63, 3.8) is 0 Å². The summed E-state index contributed by atoms with van der Waals surface area (Å²) in [6, 6.07) is 11.2. The molecule has 162 valence electrons. The summed E-state index contributed by atoms with van der Waals surface area (Å²) >= 11 is 5.90. The largest absolute Gasteiger partial charge is 0.468 e. The van der Waals surface area contributed by atoms with Crippen LogP contribution in [0, 0.1) is 5.82 Å². The molecule has 0 radical (unpaired) electrons. The van der Waals surface area contributed by atoms with E-state index in [1.54, 1.807) is 24.3 Å². The second-order valence-electron chi connectivity index (χ2n) is 6.85. The minimum atomic E-state index is -0.917. The Balaban J connectivity index is 1.88. The van der Waals surface area contributed by atoms with Crippen LogP contribution in [-0.4, -0.2) is 48.1 Å². The number of anilines is 1. The number of halogens is 2. The van der Waals surface area contributed by atoms with Crippen molar-refractivity contribution in [2.75, 3.05) is 18.7 Å². The van der Waals surface area contributed by atoms with Crippen LogP contribution in [0.5, 0.6) is 0 Å². The van der Waals surface area contributed by atoms with Gasteiger partial charge in [-0.3, -0.25) is 19.4 Å². The minimum absolute atomic E-state index is 0.0472. The van der Waals surface area contributed by atoms with Gasteiger partial charge in [-0.1, -0.05) is 23.7 Å². The van der Waals surface area contributed by atoms with E-state index in [4.69, 9.17) is 22.1 Å². The van der Waals surface area contributed by atoms with Gasteiger partial charge >= 0.3 is 5.97 Å². The predicted octanol–water partition coefficient (Wildman–Crippen LogP) is 2.10. The van der Waals surface area contributed by atoms with Gasteiger partial charge in [-0.2, -0.15) is 5.10 Å². The number of carbonyl (C=O) groups is 3. The van der Waals surface area contributed by atoms with Crippen molar-refractivity contribution in [1.29, 1.82) is 0 Å². The highest BCUT2D eigenvalue weighted by Gasteiger charge is 2.37. The normalized spacial score (nSPS) is 15.4. The predicted molar refractivity (Wildman–Crippen MR) is 113 cm³/mol. The molecule has 1 atom stereocenters. The fourth-order valence-electron chi connectivity index (χ4n) is 3.11. The lowest BCUT2D eigenvalue weighted by molar-refractivity contribution is -0.145. The SMILES string of the molecule is COC(=O)CN(Cc1ccc(Cl)cc1)C(=O)C1=NN(c2ccc(F)cc2)C(C(N)=O)C1. The van der Waals surface area contributed by atoms with Crippen LogP contribution in [0.2, 0.25) is 5.02 Å². The number of benzene rings is 2. The van der Waals surface area contributed by atoms with E-state index in [2.05, 4.69) is 5.10 Å². The van der Waals surface area contributed by atoms with Gasteiger partial charge in [0.2, 0.25) is 5.91 Å². The number of ether oxygens (including phenoxy) is 1. The maximum atomic E-state index is 13.3. The average Bonchev–Trinajstić information content (AvgIpc) is 3.20. The summed E-state index contributed by atoms with van der Waals surface area (Å²) in [4.78, 5) is 38.3. The van der Waals surface area contributed by atoms with Crippen molar-refractivity contribution >= 4 is 40.8 Å². The van der Waals surface area contributed by atoms with E-state index in [1.807, 2.05) is 0 Å². The number of rotatable bonds is 7. The van der Waals surface area contributed by atoms with Gasteiger partial charge in [-0.05, 0) is 42.0 Å². The average molecular weight is 447 g/mol. The van der Waals surface area contributed by atoms with Crippen molar-refractivity contribution in [2.24, 2.45) is 10.8 Å². The summed E-state index contributed by atoms with van der Waals surface area (Å²) in [7, 11) is 1.22. The fourth-order valence-corrected chi connectivity index (χ4v) is 3.23. The third-order valence-corrected chi connectivity index (χ3v) is 4.95. The number of amides is 2. The number of hydrazone groups is 1. The molecule has 0 fully saturated rings. The zero-order valence-electron chi connectivity index (χ0n) is 16.6. The molecule has 0 spiro atoms. The molecule has 0 aromatic heterocycles. The van der Waals surface area contributed by atoms with E-state index < -0.39 is 29.6 Å². The molecule has 2 N–H and O–H groups in total. The summed E-state index contributed by atoms with van der Waals surface area (Å²) in [5.41, 5.74) is 6.69. The lowest BCUT2D eigenvalue weighted by atomic mass is 10.1. The van der Waals surface area contributed by atoms with Crippen LogP contribution in [0.1, 0.15) is 12.0 Å². The van der Waals surface area contributed by atoms with Crippen molar-refractivity contribution < 1.29 is 23.5 Å². The fraction of sp³-hybridized carbons (Fsp3) is 0.238. The first-order chi connectivity index (χ1) is 14.8. The first kappa shape index (κ1) is 22.2. The Labute approximate surface area is 183 Å². The second-order valence-corrected chi connectivity index (χ2v) is 7.29. The van der Waals surface area contributed by atoms with Crippen LogP contribution in [0.4, 0.5) is 10.1 Å². The number of hydrogen-bond donors (Lipinski definition) is 1. The molecular weight excluding hydrogens is 427 g/mol. The highest BCUT2D eigenvalue weighted by Crippen LogP contribution is 2.26. The monoisotopic (exact) mass is 446 g/mol.